The molecule has 0 saturated carbocycles. The van der Waals surface area contributed by atoms with E-state index in [9.17, 15) is 5.11 Å². The molecule has 0 spiro atoms. The van der Waals surface area contributed by atoms with E-state index in [1.165, 1.54) is 22.3 Å². The minimum Gasteiger partial charge on any atom is -0.507 e. The molecule has 1 aliphatic rings. The van der Waals surface area contributed by atoms with Crippen LogP contribution in [0.2, 0.25) is 0 Å². The van der Waals surface area contributed by atoms with E-state index in [1.54, 1.807) is 19.4 Å². The van der Waals surface area contributed by atoms with Gasteiger partial charge in [0.2, 0.25) is 0 Å². The molecular weight excluding hydrogens is 844 g/mol. The standard InChI is InChI=1S/C44H39N4O2S.Pt/c1-42(2,3)27-18-20-30-31-21-19-28(43(4,5)6)24-34(31)44(33(30)23-27,38-17-11-15-35(46-38)32-14-8-9-16-36(32)49)29-13-10-12-26(22-29)39-41-40(47-51-48-41)37(50-7)25-45-39;/h8-21,23-25,49H,1-7H3;/q-1;. The third-order valence-corrected chi connectivity index (χ3v) is 10.6. The Balaban J connectivity index is 0.00000420. The normalized spacial score (nSPS) is 13.4. The molecule has 1 N–H and O–H groups in total. The largest absolute Gasteiger partial charge is 0.507 e. The van der Waals surface area contributed by atoms with Gasteiger partial charge in [0.25, 0.3) is 0 Å². The fraction of sp³-hybridized carbons (Fsp3) is 0.227. The number of phenols is 1. The maximum atomic E-state index is 11.0. The summed E-state index contributed by atoms with van der Waals surface area (Å²) in [7, 11) is 1.62. The minimum absolute atomic E-state index is 0. The smallest absolute Gasteiger partial charge is 0.164 e. The van der Waals surface area contributed by atoms with Crippen LogP contribution in [0.1, 0.15) is 75.1 Å². The maximum Gasteiger partial charge on any atom is 0.164 e. The summed E-state index contributed by atoms with van der Waals surface area (Å²) in [5.41, 5.74) is 12.0. The second-order valence-corrected chi connectivity index (χ2v) is 15.8. The number of hydrogen-bond acceptors (Lipinski definition) is 7. The molecule has 3 heterocycles. The summed E-state index contributed by atoms with van der Waals surface area (Å²) in [6.07, 6.45) is 1.71. The van der Waals surface area contributed by atoms with Crippen molar-refractivity contribution in [3.8, 4) is 45.1 Å². The number of benzene rings is 4. The third kappa shape index (κ3) is 5.66. The quantitative estimate of drug-likeness (QED) is 0.174. The van der Waals surface area contributed by atoms with Crippen molar-refractivity contribution in [3.05, 3.63) is 143 Å². The number of rotatable bonds is 5. The summed E-state index contributed by atoms with van der Waals surface area (Å²) in [6, 6.07) is 37.5. The number of aromatic nitrogens is 4. The van der Waals surface area contributed by atoms with Gasteiger partial charge in [-0.25, -0.2) is 0 Å². The third-order valence-electron chi connectivity index (χ3n) is 10.1. The van der Waals surface area contributed by atoms with Gasteiger partial charge >= 0.3 is 0 Å². The van der Waals surface area contributed by atoms with Crippen LogP contribution in [0.5, 0.6) is 11.5 Å². The molecule has 264 valence electrons. The number of fused-ring (bicyclic) bond motifs is 4. The summed E-state index contributed by atoms with van der Waals surface area (Å²) in [5, 5.41) is 11.0. The molecule has 0 bridgehead atoms. The molecular formula is C44H39N4O2PtS-. The first-order valence-corrected chi connectivity index (χ1v) is 17.9. The molecule has 0 atom stereocenters. The van der Waals surface area contributed by atoms with E-state index in [1.807, 2.05) is 36.4 Å². The van der Waals surface area contributed by atoms with Crippen molar-refractivity contribution in [1.29, 1.82) is 0 Å². The number of para-hydroxylation sites is 1. The molecule has 8 heteroatoms. The Morgan fingerprint density at radius 1 is 0.712 bits per heavy atom. The van der Waals surface area contributed by atoms with E-state index in [2.05, 4.69) is 111 Å². The van der Waals surface area contributed by atoms with E-state index < -0.39 is 5.41 Å². The minimum atomic E-state index is -0.866. The van der Waals surface area contributed by atoms with Gasteiger partial charge in [-0.05, 0) is 68.5 Å². The fourth-order valence-electron chi connectivity index (χ4n) is 7.37. The number of aromatic hydroxyl groups is 1. The Hall–Kier alpha value is -4.71. The first-order valence-electron chi connectivity index (χ1n) is 17.2. The molecule has 6 nitrogen and oxygen atoms in total. The maximum absolute atomic E-state index is 11.0. The number of methoxy groups -OCH3 is 1. The molecule has 1 aliphatic carbocycles. The second kappa shape index (κ2) is 13.1. The van der Waals surface area contributed by atoms with Crippen LogP contribution < -0.4 is 4.74 Å². The van der Waals surface area contributed by atoms with Crippen molar-refractivity contribution in [2.75, 3.05) is 7.11 Å². The molecule has 0 aliphatic heterocycles. The van der Waals surface area contributed by atoms with Crippen LogP contribution in [0.3, 0.4) is 0 Å². The number of hydrogen-bond donors (Lipinski definition) is 1. The van der Waals surface area contributed by atoms with E-state index in [0.717, 1.165) is 39.7 Å². The molecule has 0 unspecified atom stereocenters. The first kappa shape index (κ1) is 35.7. The van der Waals surface area contributed by atoms with Crippen molar-refractivity contribution in [2.24, 2.45) is 0 Å². The number of pyridine rings is 2. The van der Waals surface area contributed by atoms with E-state index in [0.29, 0.717) is 33.7 Å². The Morgan fingerprint density at radius 2 is 1.35 bits per heavy atom. The van der Waals surface area contributed by atoms with Gasteiger partial charge in [-0.3, -0.25) is 9.97 Å². The van der Waals surface area contributed by atoms with Crippen LogP contribution in [0.25, 0.3) is 44.7 Å². The summed E-state index contributed by atoms with van der Waals surface area (Å²) in [6.45, 7) is 13.5. The van der Waals surface area contributed by atoms with Gasteiger partial charge in [0.15, 0.2) is 5.75 Å². The summed E-state index contributed by atoms with van der Waals surface area (Å²) in [4.78, 5) is 10.3. The predicted octanol–water partition coefficient (Wildman–Crippen LogP) is 10.3. The monoisotopic (exact) mass is 882 g/mol. The molecule has 0 radical (unpaired) electrons. The van der Waals surface area contributed by atoms with Gasteiger partial charge in [0.1, 0.15) is 11.3 Å². The molecule has 0 saturated heterocycles. The van der Waals surface area contributed by atoms with E-state index in [-0.39, 0.29) is 37.6 Å². The van der Waals surface area contributed by atoms with Gasteiger partial charge in [0, 0.05) is 32.3 Å². The first-order chi connectivity index (χ1) is 24.4. The van der Waals surface area contributed by atoms with Crippen molar-refractivity contribution in [2.45, 2.75) is 57.8 Å². The van der Waals surface area contributed by atoms with Crippen molar-refractivity contribution >= 4 is 22.8 Å². The Morgan fingerprint density at radius 3 is 1.98 bits per heavy atom. The molecule has 8 rings (SSSR count). The zero-order valence-electron chi connectivity index (χ0n) is 30.2. The fourth-order valence-corrected chi connectivity index (χ4v) is 7.92. The Kier molecular flexibility index (Phi) is 8.96. The van der Waals surface area contributed by atoms with Gasteiger partial charge < -0.3 is 9.84 Å². The van der Waals surface area contributed by atoms with E-state index in [4.69, 9.17) is 14.7 Å². The zero-order valence-corrected chi connectivity index (χ0v) is 33.3. The van der Waals surface area contributed by atoms with Gasteiger partial charge in [-0.15, -0.1) is 35.4 Å². The van der Waals surface area contributed by atoms with Gasteiger partial charge in [-0.1, -0.05) is 96.1 Å². The number of ether oxygens (including phenoxy) is 1. The Labute approximate surface area is 323 Å². The van der Waals surface area contributed by atoms with Crippen molar-refractivity contribution in [1.82, 2.24) is 18.7 Å². The molecule has 52 heavy (non-hydrogen) atoms. The van der Waals surface area contributed by atoms with E-state index >= 15 is 0 Å². The SMILES string of the molecule is COc1cnc(-c2[c-]c(C3(c4cccc(-c5ccccc5O)n4)c4cc(C(C)(C)C)ccc4-c4ccc(C(C)(C)C)cc43)ccc2)c2nsnc12.[Pt]. The van der Waals surface area contributed by atoms with Crippen LogP contribution in [0.15, 0.2) is 103 Å². The second-order valence-electron chi connectivity index (χ2n) is 15.3. The van der Waals surface area contributed by atoms with Crippen LogP contribution in [0.4, 0.5) is 0 Å². The molecule has 0 fully saturated rings. The van der Waals surface area contributed by atoms with Crippen LogP contribution >= 0.6 is 11.7 Å². The summed E-state index contributed by atoms with van der Waals surface area (Å²) >= 11 is 1.14. The zero-order chi connectivity index (χ0) is 35.7. The number of phenolic OH excluding ortho intramolecular Hbond substituents is 1. The van der Waals surface area contributed by atoms with Crippen molar-refractivity contribution in [3.63, 3.8) is 0 Å². The average molecular weight is 883 g/mol. The van der Waals surface area contributed by atoms with Crippen molar-refractivity contribution < 1.29 is 30.9 Å². The topological polar surface area (TPSA) is 81.0 Å². The van der Waals surface area contributed by atoms with Crippen LogP contribution in [-0.2, 0) is 37.3 Å². The summed E-state index contributed by atoms with van der Waals surface area (Å²) < 4.78 is 14.7. The Bertz CT molecular complexity index is 2410. The van der Waals surface area contributed by atoms with Crippen LogP contribution in [-0.4, -0.2) is 30.9 Å². The van der Waals surface area contributed by atoms with Crippen LogP contribution in [0, 0.1) is 6.07 Å². The van der Waals surface area contributed by atoms with Gasteiger partial charge in [0.05, 0.1) is 47.4 Å². The average Bonchev–Trinajstić information content (AvgIpc) is 3.72. The number of nitrogens with zero attached hydrogens (tertiary/aromatic N) is 4. The summed E-state index contributed by atoms with van der Waals surface area (Å²) in [5.74, 6) is 0.775. The molecule has 3 aromatic heterocycles. The molecule has 4 aromatic carbocycles. The van der Waals surface area contributed by atoms with Gasteiger partial charge in [-0.2, -0.15) is 8.75 Å². The predicted molar refractivity (Wildman–Crippen MR) is 206 cm³/mol. The molecule has 0 amide bonds. The molecule has 7 aromatic rings.